The van der Waals surface area contributed by atoms with Gasteiger partial charge in [0.05, 0.1) is 36.4 Å². The fraction of sp³-hybridized carbons (Fsp3) is 0.200. The molecule has 2 heterocycles. The number of methoxy groups -OCH3 is 1. The van der Waals surface area contributed by atoms with Gasteiger partial charge in [-0.25, -0.2) is 17.5 Å². The number of sulfone groups is 1. The SMILES string of the molecule is COc1ccc(CC(=O)Nc2c3c(nn2-c2ccc(F)cc2)CS(=O)(=O)C3)cc1. The number of halogens is 1. The molecule has 0 unspecified atom stereocenters. The Morgan fingerprint density at radius 3 is 2.48 bits per heavy atom. The standard InChI is InChI=1S/C20H18FN3O4S/c1-28-16-8-2-13(3-9-16)10-19(25)22-20-17-11-29(26,27)12-18(17)23-24(20)15-6-4-14(21)5-7-15/h2-9H,10-12H2,1H3,(H,22,25). The summed E-state index contributed by atoms with van der Waals surface area (Å²) in [5, 5.41) is 7.14. The summed E-state index contributed by atoms with van der Waals surface area (Å²) in [7, 11) is -1.73. The average Bonchev–Trinajstić information content (AvgIpc) is 3.15. The molecule has 0 atom stereocenters. The van der Waals surface area contributed by atoms with Crippen LogP contribution in [0.1, 0.15) is 16.8 Å². The van der Waals surface area contributed by atoms with Crippen LogP contribution in [0.4, 0.5) is 10.2 Å². The van der Waals surface area contributed by atoms with Gasteiger partial charge in [-0.1, -0.05) is 12.1 Å². The van der Waals surface area contributed by atoms with Crippen LogP contribution in [0, 0.1) is 5.82 Å². The third kappa shape index (κ3) is 4.00. The second-order valence-electron chi connectivity index (χ2n) is 6.77. The van der Waals surface area contributed by atoms with Crippen LogP contribution in [-0.2, 0) is 32.6 Å². The van der Waals surface area contributed by atoms with Crippen LogP contribution in [0.3, 0.4) is 0 Å². The van der Waals surface area contributed by atoms with E-state index >= 15 is 0 Å². The van der Waals surface area contributed by atoms with Crippen LogP contribution in [-0.4, -0.2) is 31.2 Å². The number of carbonyl (C=O) groups excluding carboxylic acids is 1. The van der Waals surface area contributed by atoms with Gasteiger partial charge in [-0.05, 0) is 42.0 Å². The van der Waals surface area contributed by atoms with Crippen LogP contribution in [0.5, 0.6) is 5.75 Å². The topological polar surface area (TPSA) is 90.3 Å². The van der Waals surface area contributed by atoms with Crippen molar-refractivity contribution in [2.45, 2.75) is 17.9 Å². The first-order valence-corrected chi connectivity index (χ1v) is 10.7. The van der Waals surface area contributed by atoms with E-state index < -0.39 is 15.7 Å². The second kappa shape index (κ2) is 7.32. The zero-order valence-electron chi connectivity index (χ0n) is 15.6. The van der Waals surface area contributed by atoms with Gasteiger partial charge in [0.1, 0.15) is 17.4 Å². The highest BCUT2D eigenvalue weighted by molar-refractivity contribution is 7.90. The van der Waals surface area contributed by atoms with Gasteiger partial charge in [0.15, 0.2) is 9.84 Å². The smallest absolute Gasteiger partial charge is 0.229 e. The molecule has 0 radical (unpaired) electrons. The number of nitrogens with one attached hydrogen (secondary N) is 1. The molecule has 7 nitrogen and oxygen atoms in total. The molecule has 9 heteroatoms. The number of benzene rings is 2. The Labute approximate surface area is 167 Å². The molecule has 0 saturated carbocycles. The Morgan fingerprint density at radius 1 is 1.14 bits per heavy atom. The average molecular weight is 415 g/mol. The maximum absolute atomic E-state index is 13.3. The minimum Gasteiger partial charge on any atom is -0.497 e. The van der Waals surface area contributed by atoms with E-state index in [0.29, 0.717) is 28.5 Å². The zero-order valence-corrected chi connectivity index (χ0v) is 16.4. The summed E-state index contributed by atoms with van der Waals surface area (Å²) >= 11 is 0. The lowest BCUT2D eigenvalue weighted by Gasteiger charge is -2.11. The molecule has 1 amide bonds. The quantitative estimate of drug-likeness (QED) is 0.692. The van der Waals surface area contributed by atoms with Crippen LogP contribution in [0.2, 0.25) is 0 Å². The first kappa shape index (κ1) is 19.1. The Bertz CT molecular complexity index is 1170. The molecule has 0 saturated heterocycles. The lowest BCUT2D eigenvalue weighted by atomic mass is 10.1. The molecule has 4 rings (SSSR count). The van der Waals surface area contributed by atoms with Crippen molar-refractivity contribution in [2.75, 3.05) is 12.4 Å². The molecule has 0 aliphatic carbocycles. The number of anilines is 1. The molecule has 29 heavy (non-hydrogen) atoms. The number of rotatable bonds is 5. The number of hydrogen-bond donors (Lipinski definition) is 1. The minimum atomic E-state index is -3.29. The van der Waals surface area contributed by atoms with Crippen molar-refractivity contribution < 1.29 is 22.3 Å². The largest absolute Gasteiger partial charge is 0.497 e. The molecule has 0 fully saturated rings. The summed E-state index contributed by atoms with van der Waals surface area (Å²) in [6.07, 6.45) is 0.0973. The van der Waals surface area contributed by atoms with E-state index in [1.165, 1.54) is 28.9 Å². The van der Waals surface area contributed by atoms with Gasteiger partial charge in [-0.3, -0.25) is 4.79 Å². The first-order chi connectivity index (χ1) is 13.8. The van der Waals surface area contributed by atoms with Crippen molar-refractivity contribution in [1.29, 1.82) is 0 Å². The predicted octanol–water partition coefficient (Wildman–Crippen LogP) is 2.63. The fourth-order valence-electron chi connectivity index (χ4n) is 3.25. The maximum atomic E-state index is 13.3. The van der Waals surface area contributed by atoms with Crippen LogP contribution in [0.15, 0.2) is 48.5 Å². The summed E-state index contributed by atoms with van der Waals surface area (Å²) in [4.78, 5) is 12.6. The number of nitrogens with zero attached hydrogens (tertiary/aromatic N) is 2. The van der Waals surface area contributed by atoms with Crippen LogP contribution in [0.25, 0.3) is 5.69 Å². The highest BCUT2D eigenvalue weighted by Gasteiger charge is 2.33. The predicted molar refractivity (Wildman–Crippen MR) is 105 cm³/mol. The van der Waals surface area contributed by atoms with Gasteiger partial charge in [0.25, 0.3) is 0 Å². The number of amides is 1. The van der Waals surface area contributed by atoms with Crippen molar-refractivity contribution in [3.8, 4) is 11.4 Å². The van der Waals surface area contributed by atoms with E-state index in [-0.39, 0.29) is 23.8 Å². The maximum Gasteiger partial charge on any atom is 0.229 e. The molecule has 3 aromatic rings. The summed E-state index contributed by atoms with van der Waals surface area (Å²) in [6, 6.07) is 12.7. The summed E-state index contributed by atoms with van der Waals surface area (Å²) in [5.74, 6) is -0.107. The van der Waals surface area contributed by atoms with Crippen molar-refractivity contribution in [1.82, 2.24) is 9.78 Å². The van der Waals surface area contributed by atoms with Gasteiger partial charge in [-0.2, -0.15) is 5.10 Å². The Hall–Kier alpha value is -3.20. The number of ether oxygens (including phenoxy) is 1. The number of aromatic nitrogens is 2. The second-order valence-corrected chi connectivity index (χ2v) is 8.83. The van der Waals surface area contributed by atoms with Crippen molar-refractivity contribution in [3.63, 3.8) is 0 Å². The number of fused-ring (bicyclic) bond motifs is 1. The van der Waals surface area contributed by atoms with Crippen LogP contribution >= 0.6 is 0 Å². The molecule has 2 aromatic carbocycles. The summed E-state index contributed by atoms with van der Waals surface area (Å²) < 4.78 is 43.9. The Balaban J connectivity index is 1.64. The van der Waals surface area contributed by atoms with Crippen molar-refractivity contribution in [2.24, 2.45) is 0 Å². The third-order valence-electron chi connectivity index (χ3n) is 4.64. The molecule has 0 bridgehead atoms. The molecule has 1 aromatic heterocycles. The van der Waals surface area contributed by atoms with Crippen molar-refractivity contribution >= 4 is 21.6 Å². The molecule has 1 aliphatic heterocycles. The van der Waals surface area contributed by atoms with E-state index in [9.17, 15) is 17.6 Å². The van der Waals surface area contributed by atoms with E-state index in [1.54, 1.807) is 31.4 Å². The Kier molecular flexibility index (Phi) is 4.83. The third-order valence-corrected chi connectivity index (χ3v) is 6.08. The van der Waals surface area contributed by atoms with E-state index in [0.717, 1.165) is 5.56 Å². The molecular formula is C20H18FN3O4S. The van der Waals surface area contributed by atoms with Crippen molar-refractivity contribution in [3.05, 3.63) is 71.2 Å². The monoisotopic (exact) mass is 415 g/mol. The van der Waals surface area contributed by atoms with Gasteiger partial charge in [0, 0.05) is 5.56 Å². The number of hydrogen-bond acceptors (Lipinski definition) is 5. The zero-order chi connectivity index (χ0) is 20.6. The minimum absolute atomic E-state index is 0.0973. The molecular weight excluding hydrogens is 397 g/mol. The lowest BCUT2D eigenvalue weighted by molar-refractivity contribution is -0.115. The van der Waals surface area contributed by atoms with E-state index in [4.69, 9.17) is 4.74 Å². The van der Waals surface area contributed by atoms with Gasteiger partial charge in [0.2, 0.25) is 5.91 Å². The van der Waals surface area contributed by atoms with E-state index in [2.05, 4.69) is 10.4 Å². The molecule has 1 aliphatic rings. The van der Waals surface area contributed by atoms with Gasteiger partial charge in [-0.15, -0.1) is 0 Å². The number of carbonyl (C=O) groups is 1. The highest BCUT2D eigenvalue weighted by atomic mass is 32.2. The summed E-state index contributed by atoms with van der Waals surface area (Å²) in [6.45, 7) is 0. The molecule has 150 valence electrons. The van der Waals surface area contributed by atoms with E-state index in [1.807, 2.05) is 0 Å². The van der Waals surface area contributed by atoms with Gasteiger partial charge >= 0.3 is 0 Å². The lowest BCUT2D eigenvalue weighted by Crippen LogP contribution is -2.18. The Morgan fingerprint density at radius 2 is 1.83 bits per heavy atom. The highest BCUT2D eigenvalue weighted by Crippen LogP contribution is 2.33. The van der Waals surface area contributed by atoms with Crippen LogP contribution < -0.4 is 10.1 Å². The normalized spacial score (nSPS) is 14.4. The fourth-order valence-corrected chi connectivity index (χ4v) is 4.74. The molecule has 1 N–H and O–H groups in total. The summed E-state index contributed by atoms with van der Waals surface area (Å²) in [5.41, 5.74) is 2.17. The molecule has 0 spiro atoms. The first-order valence-electron chi connectivity index (χ1n) is 8.84. The van der Waals surface area contributed by atoms with Gasteiger partial charge < -0.3 is 10.1 Å².